The van der Waals surface area contributed by atoms with E-state index in [2.05, 4.69) is 10.2 Å². The molecule has 2 fully saturated rings. The summed E-state index contributed by atoms with van der Waals surface area (Å²) in [6.07, 6.45) is -0.689. The fourth-order valence-electron chi connectivity index (χ4n) is 3.53. The highest BCUT2D eigenvalue weighted by molar-refractivity contribution is 7.91. The molecule has 2 heterocycles. The molecule has 2 N–H and O–H groups in total. The van der Waals surface area contributed by atoms with Crippen LogP contribution in [0.25, 0.3) is 0 Å². The number of aliphatic hydroxyl groups excluding tert-OH is 1. The maximum absolute atomic E-state index is 11.5. The van der Waals surface area contributed by atoms with Crippen LogP contribution < -0.4 is 14.8 Å². The largest absolute Gasteiger partial charge is 0.493 e. The summed E-state index contributed by atoms with van der Waals surface area (Å²) in [6.45, 7) is 6.43. The van der Waals surface area contributed by atoms with Crippen LogP contribution in [0.1, 0.15) is 5.56 Å². The quantitative estimate of drug-likeness (QED) is 0.547. The minimum Gasteiger partial charge on any atom is -0.493 e. The highest BCUT2D eigenvalue weighted by Crippen LogP contribution is 2.28. The van der Waals surface area contributed by atoms with Crippen molar-refractivity contribution in [1.29, 1.82) is 0 Å². The number of nitrogens with zero attached hydrogens (tertiary/aromatic N) is 2. The van der Waals surface area contributed by atoms with Crippen molar-refractivity contribution in [3.63, 3.8) is 0 Å². The third-order valence-corrected chi connectivity index (χ3v) is 6.79. The average Bonchev–Trinajstić information content (AvgIpc) is 2.69. The number of hydrogen-bond donors (Lipinski definition) is 2. The molecule has 1 unspecified atom stereocenters. The minimum atomic E-state index is -2.91. The molecule has 2 aliphatic heterocycles. The van der Waals surface area contributed by atoms with E-state index in [0.717, 1.165) is 32.7 Å². The van der Waals surface area contributed by atoms with E-state index in [-0.39, 0.29) is 42.9 Å². The van der Waals surface area contributed by atoms with Gasteiger partial charge in [0, 0.05) is 52.4 Å². The van der Waals surface area contributed by atoms with Crippen LogP contribution >= 0.6 is 24.8 Å². The van der Waals surface area contributed by atoms with E-state index in [0.29, 0.717) is 31.1 Å². The SMILES string of the molecule is COc1cc(CN2CCNCC2)ccc1OCC(O)CN1CCS(=O)(=O)CC1.Cl.Cl. The summed E-state index contributed by atoms with van der Waals surface area (Å²) in [6, 6.07) is 5.90. The average molecular weight is 486 g/mol. The second kappa shape index (κ2) is 12.9. The number of methoxy groups -OCH3 is 1. The topological polar surface area (TPSA) is 91.3 Å². The van der Waals surface area contributed by atoms with Crippen LogP contribution in [0, 0.1) is 0 Å². The smallest absolute Gasteiger partial charge is 0.161 e. The Morgan fingerprint density at radius 3 is 2.37 bits per heavy atom. The van der Waals surface area contributed by atoms with Gasteiger partial charge in [-0.25, -0.2) is 8.42 Å². The number of aliphatic hydroxyl groups is 1. The highest BCUT2D eigenvalue weighted by Gasteiger charge is 2.23. The van der Waals surface area contributed by atoms with E-state index in [1.54, 1.807) is 7.11 Å². The molecule has 2 aliphatic rings. The number of piperazine rings is 1. The first-order valence-electron chi connectivity index (χ1n) is 9.79. The van der Waals surface area contributed by atoms with Crippen LogP contribution in [0.4, 0.5) is 0 Å². The Balaban J connectivity index is 0.00000225. The Morgan fingerprint density at radius 1 is 1.07 bits per heavy atom. The third kappa shape index (κ3) is 8.37. The van der Waals surface area contributed by atoms with Gasteiger partial charge >= 0.3 is 0 Å². The van der Waals surface area contributed by atoms with Crippen molar-refractivity contribution in [2.24, 2.45) is 0 Å². The van der Waals surface area contributed by atoms with E-state index in [1.807, 2.05) is 23.1 Å². The number of rotatable bonds is 8. The fraction of sp³-hybridized carbons (Fsp3) is 0.684. The summed E-state index contributed by atoms with van der Waals surface area (Å²) < 4.78 is 34.2. The zero-order valence-corrected chi connectivity index (χ0v) is 19.7. The first-order chi connectivity index (χ1) is 13.4. The lowest BCUT2D eigenvalue weighted by Crippen LogP contribution is -2.44. The molecule has 1 aromatic rings. The molecule has 30 heavy (non-hydrogen) atoms. The Bertz CT molecular complexity index is 734. The van der Waals surface area contributed by atoms with Gasteiger partial charge < -0.3 is 19.9 Å². The molecular formula is C19H33Cl2N3O5S. The van der Waals surface area contributed by atoms with Crippen LogP contribution in [-0.2, 0) is 16.4 Å². The van der Waals surface area contributed by atoms with Gasteiger partial charge in [-0.3, -0.25) is 9.80 Å². The lowest BCUT2D eigenvalue weighted by atomic mass is 10.1. The van der Waals surface area contributed by atoms with Crippen molar-refractivity contribution in [2.45, 2.75) is 12.6 Å². The molecule has 11 heteroatoms. The lowest BCUT2D eigenvalue weighted by molar-refractivity contribution is 0.0699. The molecule has 0 aliphatic carbocycles. The molecule has 0 amide bonds. The summed E-state index contributed by atoms with van der Waals surface area (Å²) in [7, 11) is -1.30. The van der Waals surface area contributed by atoms with Crippen molar-refractivity contribution in [2.75, 3.05) is 71.0 Å². The van der Waals surface area contributed by atoms with E-state index in [9.17, 15) is 13.5 Å². The van der Waals surface area contributed by atoms with Gasteiger partial charge in [-0.05, 0) is 17.7 Å². The van der Waals surface area contributed by atoms with Crippen LogP contribution in [0.5, 0.6) is 11.5 Å². The summed E-state index contributed by atoms with van der Waals surface area (Å²) in [4.78, 5) is 4.36. The van der Waals surface area contributed by atoms with Crippen molar-refractivity contribution >= 4 is 34.7 Å². The maximum atomic E-state index is 11.5. The second-order valence-electron chi connectivity index (χ2n) is 7.43. The first kappa shape index (κ1) is 27.2. The standard InChI is InChI=1S/C19H31N3O5S.2ClH/c1-26-19-12-16(13-21-6-4-20-5-7-21)2-3-18(19)27-15-17(23)14-22-8-10-28(24,25)11-9-22;;/h2-3,12,17,20,23H,4-11,13-15H2,1H3;2*1H. The normalized spacial score (nSPS) is 20.5. The Morgan fingerprint density at radius 2 is 1.73 bits per heavy atom. The number of halogens is 2. The summed E-state index contributed by atoms with van der Waals surface area (Å²) in [5.41, 5.74) is 1.17. The Kier molecular flexibility index (Phi) is 11.7. The molecule has 0 saturated carbocycles. The molecule has 0 aromatic heterocycles. The minimum absolute atomic E-state index is 0. The molecular weight excluding hydrogens is 453 g/mol. The molecule has 1 aromatic carbocycles. The van der Waals surface area contributed by atoms with Crippen molar-refractivity contribution in [3.05, 3.63) is 23.8 Å². The van der Waals surface area contributed by atoms with Crippen molar-refractivity contribution in [1.82, 2.24) is 15.1 Å². The predicted molar refractivity (Wildman–Crippen MR) is 122 cm³/mol. The van der Waals surface area contributed by atoms with Crippen LogP contribution in [0.3, 0.4) is 0 Å². The van der Waals surface area contributed by atoms with Crippen LogP contribution in [0.15, 0.2) is 18.2 Å². The van der Waals surface area contributed by atoms with E-state index in [1.165, 1.54) is 5.56 Å². The zero-order chi connectivity index (χ0) is 20.0. The monoisotopic (exact) mass is 485 g/mol. The molecule has 8 nitrogen and oxygen atoms in total. The van der Waals surface area contributed by atoms with Gasteiger partial charge in [0.2, 0.25) is 0 Å². The fourth-order valence-corrected chi connectivity index (χ4v) is 4.80. The second-order valence-corrected chi connectivity index (χ2v) is 9.73. The van der Waals surface area contributed by atoms with Gasteiger partial charge in [0.05, 0.1) is 18.6 Å². The molecule has 1 atom stereocenters. The van der Waals surface area contributed by atoms with Gasteiger partial charge in [-0.2, -0.15) is 0 Å². The van der Waals surface area contributed by atoms with Crippen molar-refractivity contribution < 1.29 is 23.0 Å². The molecule has 0 bridgehead atoms. The Hall–Kier alpha value is -0.810. The highest BCUT2D eigenvalue weighted by atomic mass is 35.5. The number of benzene rings is 1. The maximum Gasteiger partial charge on any atom is 0.161 e. The number of sulfone groups is 1. The number of nitrogens with one attached hydrogen (secondary N) is 1. The van der Waals surface area contributed by atoms with Gasteiger partial charge in [-0.15, -0.1) is 24.8 Å². The lowest BCUT2D eigenvalue weighted by Gasteiger charge is -2.28. The van der Waals surface area contributed by atoms with Crippen LogP contribution in [-0.4, -0.2) is 100 Å². The van der Waals surface area contributed by atoms with E-state index in [4.69, 9.17) is 9.47 Å². The van der Waals surface area contributed by atoms with Crippen molar-refractivity contribution in [3.8, 4) is 11.5 Å². The molecule has 0 radical (unpaired) electrons. The van der Waals surface area contributed by atoms with Gasteiger partial charge in [0.15, 0.2) is 21.3 Å². The molecule has 3 rings (SSSR count). The number of ether oxygens (including phenoxy) is 2. The van der Waals surface area contributed by atoms with E-state index < -0.39 is 15.9 Å². The van der Waals surface area contributed by atoms with Crippen LogP contribution in [0.2, 0.25) is 0 Å². The zero-order valence-electron chi connectivity index (χ0n) is 17.3. The first-order valence-corrected chi connectivity index (χ1v) is 11.6. The number of hydrogen-bond acceptors (Lipinski definition) is 8. The Labute approximate surface area is 191 Å². The number of β-amino-alcohol motifs (C(OH)–C–C–N with tert-alkyl or cyclic N) is 1. The summed E-state index contributed by atoms with van der Waals surface area (Å²) in [5.74, 6) is 1.57. The molecule has 0 spiro atoms. The molecule has 174 valence electrons. The van der Waals surface area contributed by atoms with Gasteiger partial charge in [0.25, 0.3) is 0 Å². The van der Waals surface area contributed by atoms with Gasteiger partial charge in [0.1, 0.15) is 12.7 Å². The molecule has 2 saturated heterocycles. The third-order valence-electron chi connectivity index (χ3n) is 5.18. The summed E-state index contributed by atoms with van der Waals surface area (Å²) in [5, 5.41) is 13.6. The summed E-state index contributed by atoms with van der Waals surface area (Å²) >= 11 is 0. The predicted octanol–water partition coefficient (Wildman–Crippen LogP) is 0.414. The van der Waals surface area contributed by atoms with E-state index >= 15 is 0 Å². The van der Waals surface area contributed by atoms with Gasteiger partial charge in [-0.1, -0.05) is 6.07 Å².